The van der Waals surface area contributed by atoms with Crippen molar-refractivity contribution in [1.29, 1.82) is 0 Å². The predicted molar refractivity (Wildman–Crippen MR) is 42.3 cm³/mol. The van der Waals surface area contributed by atoms with E-state index in [0.29, 0.717) is 12.6 Å². The highest BCUT2D eigenvalue weighted by atomic mass is 16.5. The summed E-state index contributed by atoms with van der Waals surface area (Å²) in [5.41, 5.74) is 0. The maximum absolute atomic E-state index is 11.2. The molecule has 0 N–H and O–H groups in total. The Bertz CT molecular complexity index is 147. The van der Waals surface area contributed by atoms with E-state index in [1.54, 1.807) is 0 Å². The van der Waals surface area contributed by atoms with Crippen molar-refractivity contribution < 1.29 is 9.53 Å². The van der Waals surface area contributed by atoms with E-state index >= 15 is 0 Å². The maximum atomic E-state index is 11.2. The molecule has 0 radical (unpaired) electrons. The second-order valence-corrected chi connectivity index (χ2v) is 2.90. The fourth-order valence-electron chi connectivity index (χ4n) is 1.22. The predicted octanol–water partition coefficient (Wildman–Crippen LogP) is 0.644. The Kier molecular flexibility index (Phi) is 2.88. The molecule has 1 aliphatic heterocycles. The third kappa shape index (κ3) is 1.93. The normalized spacial score (nSPS) is 22.0. The van der Waals surface area contributed by atoms with E-state index in [2.05, 4.69) is 13.8 Å². The molecule has 1 heterocycles. The second-order valence-electron chi connectivity index (χ2n) is 2.90. The third-order valence-electron chi connectivity index (χ3n) is 2.15. The number of carbonyl (C=O) groups is 1. The molecule has 0 bridgehead atoms. The average Bonchev–Trinajstić information content (AvgIpc) is 2.04. The number of nitrogens with zero attached hydrogens (tertiary/aromatic N) is 1. The van der Waals surface area contributed by atoms with E-state index in [9.17, 15) is 4.79 Å². The number of hydrogen-bond acceptors (Lipinski definition) is 2. The molecular formula is C8H15NO2. The molecule has 0 saturated carbocycles. The van der Waals surface area contributed by atoms with Crippen molar-refractivity contribution >= 4 is 5.91 Å². The van der Waals surface area contributed by atoms with Crippen LogP contribution in [0.1, 0.15) is 20.3 Å². The van der Waals surface area contributed by atoms with E-state index < -0.39 is 0 Å². The Balaban J connectivity index is 2.47. The molecule has 0 spiro atoms. The summed E-state index contributed by atoms with van der Waals surface area (Å²) in [4.78, 5) is 13.1. The van der Waals surface area contributed by atoms with E-state index in [0.717, 1.165) is 13.0 Å². The maximum Gasteiger partial charge on any atom is 0.248 e. The van der Waals surface area contributed by atoms with Crippen molar-refractivity contribution in [3.63, 3.8) is 0 Å². The number of morpholine rings is 1. The summed E-state index contributed by atoms with van der Waals surface area (Å²) in [5, 5.41) is 0. The fourth-order valence-corrected chi connectivity index (χ4v) is 1.22. The topological polar surface area (TPSA) is 29.5 Å². The highest BCUT2D eigenvalue weighted by Gasteiger charge is 2.21. The Morgan fingerprint density at radius 3 is 3.00 bits per heavy atom. The van der Waals surface area contributed by atoms with Gasteiger partial charge in [-0.3, -0.25) is 4.79 Å². The van der Waals surface area contributed by atoms with E-state index in [1.807, 2.05) is 4.90 Å². The van der Waals surface area contributed by atoms with Crippen LogP contribution >= 0.6 is 0 Å². The molecule has 0 aromatic carbocycles. The van der Waals surface area contributed by atoms with Crippen molar-refractivity contribution in [2.45, 2.75) is 26.3 Å². The highest BCUT2D eigenvalue weighted by Crippen LogP contribution is 2.07. The summed E-state index contributed by atoms with van der Waals surface area (Å²) in [6.45, 7) is 5.88. The molecule has 0 aromatic heterocycles. The lowest BCUT2D eigenvalue weighted by Crippen LogP contribution is -2.46. The molecule has 1 amide bonds. The van der Waals surface area contributed by atoms with Gasteiger partial charge in [-0.05, 0) is 13.3 Å². The van der Waals surface area contributed by atoms with Gasteiger partial charge in [0.1, 0.15) is 6.61 Å². The van der Waals surface area contributed by atoms with Gasteiger partial charge >= 0.3 is 0 Å². The summed E-state index contributed by atoms with van der Waals surface area (Å²) >= 11 is 0. The Morgan fingerprint density at radius 1 is 1.73 bits per heavy atom. The minimum Gasteiger partial charge on any atom is -0.370 e. The standard InChI is InChI=1S/C8H15NO2/c1-3-7(2)9-4-5-11-6-8(9)10/h7H,3-6H2,1-2H3. The van der Waals surface area contributed by atoms with Gasteiger partial charge in [-0.1, -0.05) is 6.92 Å². The SMILES string of the molecule is CCC(C)N1CCOCC1=O. The summed E-state index contributed by atoms with van der Waals surface area (Å²) in [6.07, 6.45) is 1.02. The van der Waals surface area contributed by atoms with Crippen LogP contribution in [0.25, 0.3) is 0 Å². The lowest BCUT2D eigenvalue weighted by atomic mass is 10.2. The van der Waals surface area contributed by atoms with Crippen LogP contribution in [0.3, 0.4) is 0 Å². The molecule has 1 unspecified atom stereocenters. The zero-order valence-corrected chi connectivity index (χ0v) is 7.17. The summed E-state index contributed by atoms with van der Waals surface area (Å²) in [5.74, 6) is 0.130. The minimum atomic E-state index is 0.130. The number of amides is 1. The van der Waals surface area contributed by atoms with Crippen molar-refractivity contribution in [3.8, 4) is 0 Å². The van der Waals surface area contributed by atoms with Gasteiger partial charge in [-0.2, -0.15) is 0 Å². The van der Waals surface area contributed by atoms with Crippen LogP contribution in [0.2, 0.25) is 0 Å². The Hall–Kier alpha value is -0.570. The van der Waals surface area contributed by atoms with Crippen LogP contribution in [0.5, 0.6) is 0 Å². The van der Waals surface area contributed by atoms with Gasteiger partial charge in [0.15, 0.2) is 0 Å². The highest BCUT2D eigenvalue weighted by molar-refractivity contribution is 5.78. The van der Waals surface area contributed by atoms with Gasteiger partial charge in [0.25, 0.3) is 0 Å². The molecule has 1 saturated heterocycles. The molecule has 1 fully saturated rings. The molecule has 64 valence electrons. The number of hydrogen-bond donors (Lipinski definition) is 0. The molecule has 0 aliphatic carbocycles. The van der Waals surface area contributed by atoms with E-state index in [1.165, 1.54) is 0 Å². The molecule has 1 aliphatic rings. The van der Waals surface area contributed by atoms with Gasteiger partial charge in [0.05, 0.1) is 6.61 Å². The molecule has 1 rings (SSSR count). The van der Waals surface area contributed by atoms with Crippen molar-refractivity contribution in [2.75, 3.05) is 19.8 Å². The quantitative estimate of drug-likeness (QED) is 0.589. The first-order valence-electron chi connectivity index (χ1n) is 4.13. The third-order valence-corrected chi connectivity index (χ3v) is 2.15. The van der Waals surface area contributed by atoms with Crippen LogP contribution in [0.4, 0.5) is 0 Å². The van der Waals surface area contributed by atoms with E-state index in [-0.39, 0.29) is 12.5 Å². The van der Waals surface area contributed by atoms with Gasteiger partial charge in [0, 0.05) is 12.6 Å². The first kappa shape index (κ1) is 8.53. The van der Waals surface area contributed by atoms with Crippen LogP contribution in [-0.2, 0) is 9.53 Å². The van der Waals surface area contributed by atoms with Crippen LogP contribution in [-0.4, -0.2) is 36.6 Å². The average molecular weight is 157 g/mol. The van der Waals surface area contributed by atoms with Crippen molar-refractivity contribution in [2.24, 2.45) is 0 Å². The monoisotopic (exact) mass is 157 g/mol. The molecular weight excluding hydrogens is 142 g/mol. The van der Waals surface area contributed by atoms with Crippen LogP contribution < -0.4 is 0 Å². The second kappa shape index (κ2) is 3.72. The van der Waals surface area contributed by atoms with Gasteiger partial charge in [0.2, 0.25) is 5.91 Å². The fraction of sp³-hybridized carbons (Fsp3) is 0.875. The first-order valence-corrected chi connectivity index (χ1v) is 4.13. The lowest BCUT2D eigenvalue weighted by molar-refractivity contribution is -0.145. The summed E-state index contributed by atoms with van der Waals surface area (Å²) in [6, 6.07) is 0.367. The zero-order valence-electron chi connectivity index (χ0n) is 7.17. The molecule has 3 heteroatoms. The van der Waals surface area contributed by atoms with Gasteiger partial charge in [-0.25, -0.2) is 0 Å². The molecule has 11 heavy (non-hydrogen) atoms. The number of carbonyl (C=O) groups excluding carboxylic acids is 1. The summed E-state index contributed by atoms with van der Waals surface area (Å²) in [7, 11) is 0. The van der Waals surface area contributed by atoms with Gasteiger partial charge < -0.3 is 9.64 Å². The summed E-state index contributed by atoms with van der Waals surface area (Å²) < 4.78 is 5.02. The smallest absolute Gasteiger partial charge is 0.248 e. The molecule has 3 nitrogen and oxygen atoms in total. The van der Waals surface area contributed by atoms with Gasteiger partial charge in [-0.15, -0.1) is 0 Å². The van der Waals surface area contributed by atoms with E-state index in [4.69, 9.17) is 4.74 Å². The Labute approximate surface area is 67.3 Å². The molecule has 0 aromatic rings. The zero-order chi connectivity index (χ0) is 8.27. The minimum absolute atomic E-state index is 0.130. The first-order chi connectivity index (χ1) is 5.25. The number of ether oxygens (including phenoxy) is 1. The van der Waals surface area contributed by atoms with Crippen molar-refractivity contribution in [1.82, 2.24) is 4.90 Å². The van der Waals surface area contributed by atoms with Crippen LogP contribution in [0, 0.1) is 0 Å². The molecule has 1 atom stereocenters. The van der Waals surface area contributed by atoms with Crippen LogP contribution in [0.15, 0.2) is 0 Å². The lowest BCUT2D eigenvalue weighted by Gasteiger charge is -2.31. The largest absolute Gasteiger partial charge is 0.370 e. The number of rotatable bonds is 2. The van der Waals surface area contributed by atoms with Crippen molar-refractivity contribution in [3.05, 3.63) is 0 Å². The Morgan fingerprint density at radius 2 is 2.45 bits per heavy atom.